The van der Waals surface area contributed by atoms with Crippen LogP contribution in [0.2, 0.25) is 0 Å². The van der Waals surface area contributed by atoms with Crippen LogP contribution in [-0.4, -0.2) is 62.6 Å². The molecule has 0 radical (unpaired) electrons. The fourth-order valence-electron chi connectivity index (χ4n) is 3.99. The summed E-state index contributed by atoms with van der Waals surface area (Å²) in [5.74, 6) is -1.97. The van der Waals surface area contributed by atoms with Gasteiger partial charge in [-0.1, -0.05) is 6.07 Å². The number of hydrogen-bond acceptors (Lipinski definition) is 5. The summed E-state index contributed by atoms with van der Waals surface area (Å²) in [5.41, 5.74) is 3.53. The van der Waals surface area contributed by atoms with E-state index in [1.54, 1.807) is 27.9 Å². The number of aromatic nitrogens is 2. The zero-order valence-corrected chi connectivity index (χ0v) is 17.5. The fourth-order valence-corrected chi connectivity index (χ4v) is 3.99. The number of piperazine rings is 1. The number of pyridine rings is 1. The molecule has 8 nitrogen and oxygen atoms in total. The summed E-state index contributed by atoms with van der Waals surface area (Å²) in [6.07, 6.45) is 3.37. The van der Waals surface area contributed by atoms with Crippen molar-refractivity contribution in [3.05, 3.63) is 65.1 Å². The summed E-state index contributed by atoms with van der Waals surface area (Å²) in [5, 5.41) is 9.70. The highest BCUT2D eigenvalue weighted by molar-refractivity contribution is 5.96. The zero-order chi connectivity index (χ0) is 22.8. The highest BCUT2D eigenvalue weighted by Gasteiger charge is 2.21. The van der Waals surface area contributed by atoms with E-state index in [9.17, 15) is 18.4 Å². The molecule has 168 valence electrons. The number of rotatable bonds is 5. The van der Waals surface area contributed by atoms with Gasteiger partial charge in [0.1, 0.15) is 17.3 Å². The van der Waals surface area contributed by atoms with Crippen molar-refractivity contribution in [2.75, 3.05) is 26.2 Å². The molecule has 0 saturated carbocycles. The van der Waals surface area contributed by atoms with E-state index in [1.807, 2.05) is 6.20 Å². The molecule has 0 aliphatic carbocycles. The van der Waals surface area contributed by atoms with Crippen LogP contribution in [-0.2, 0) is 17.9 Å². The first-order valence-electron chi connectivity index (χ1n) is 10.2. The normalized spacial score (nSPS) is 14.7. The number of fused-ring (bicyclic) bond motifs is 1. The number of amides is 2. The van der Waals surface area contributed by atoms with E-state index < -0.39 is 17.5 Å². The summed E-state index contributed by atoms with van der Waals surface area (Å²) in [6, 6.07) is 5.04. The summed E-state index contributed by atoms with van der Waals surface area (Å²) < 4.78 is 29.3. The lowest BCUT2D eigenvalue weighted by atomic mass is 10.1. The molecule has 0 atom stereocenters. The summed E-state index contributed by atoms with van der Waals surface area (Å²) in [7, 11) is 0. The van der Waals surface area contributed by atoms with Gasteiger partial charge in [-0.05, 0) is 17.7 Å². The van der Waals surface area contributed by atoms with Gasteiger partial charge in [0.15, 0.2) is 0 Å². The highest BCUT2D eigenvalue weighted by Crippen LogP contribution is 2.25. The molecule has 2 aromatic heterocycles. The van der Waals surface area contributed by atoms with Crippen molar-refractivity contribution < 1.29 is 23.6 Å². The second-order valence-corrected chi connectivity index (χ2v) is 7.83. The van der Waals surface area contributed by atoms with E-state index >= 15 is 0 Å². The van der Waals surface area contributed by atoms with Crippen LogP contribution in [0.4, 0.5) is 8.78 Å². The fraction of sp³-hybridized carbons (Fsp3) is 0.318. The molecule has 32 heavy (non-hydrogen) atoms. The first-order valence-corrected chi connectivity index (χ1v) is 10.2. The molecule has 0 unspecified atom stereocenters. The minimum absolute atomic E-state index is 0.0494. The molecular weight excluding hydrogens is 420 g/mol. The molecular formula is C22H23F2N5O3. The highest BCUT2D eigenvalue weighted by atomic mass is 19.1. The van der Waals surface area contributed by atoms with Gasteiger partial charge < -0.3 is 9.47 Å². The Hall–Kier alpha value is -3.37. The van der Waals surface area contributed by atoms with Crippen LogP contribution in [0.3, 0.4) is 0 Å². The van der Waals surface area contributed by atoms with E-state index in [2.05, 4.69) is 9.88 Å². The monoisotopic (exact) mass is 443 g/mol. The molecule has 1 saturated heterocycles. The number of hydroxylamine groups is 1. The first kappa shape index (κ1) is 21.8. The van der Waals surface area contributed by atoms with Crippen molar-refractivity contribution in [3.63, 3.8) is 0 Å². The van der Waals surface area contributed by atoms with Gasteiger partial charge in [0, 0.05) is 62.9 Å². The number of nitrogens with zero attached hydrogens (tertiary/aromatic N) is 4. The van der Waals surface area contributed by atoms with E-state index in [-0.39, 0.29) is 18.1 Å². The van der Waals surface area contributed by atoms with Gasteiger partial charge in [-0.15, -0.1) is 0 Å². The van der Waals surface area contributed by atoms with Crippen LogP contribution < -0.4 is 5.48 Å². The van der Waals surface area contributed by atoms with Gasteiger partial charge in [0.25, 0.3) is 5.91 Å². The molecule has 0 bridgehead atoms. The molecule has 3 aromatic rings. The summed E-state index contributed by atoms with van der Waals surface area (Å²) in [4.78, 5) is 31.5. The lowest BCUT2D eigenvalue weighted by Gasteiger charge is -2.34. The average molecular weight is 443 g/mol. The van der Waals surface area contributed by atoms with Crippen molar-refractivity contribution in [3.8, 4) is 0 Å². The Labute approximate surface area is 183 Å². The van der Waals surface area contributed by atoms with Crippen LogP contribution in [0.25, 0.3) is 10.9 Å². The molecule has 0 spiro atoms. The minimum Gasteiger partial charge on any atom is -0.341 e. The number of benzene rings is 1. The van der Waals surface area contributed by atoms with Crippen LogP contribution in [0.5, 0.6) is 0 Å². The predicted molar refractivity (Wildman–Crippen MR) is 112 cm³/mol. The Kier molecular flexibility index (Phi) is 6.15. The molecule has 3 heterocycles. The second kappa shape index (κ2) is 9.01. The van der Waals surface area contributed by atoms with Crippen molar-refractivity contribution in [2.45, 2.75) is 20.0 Å². The zero-order valence-electron chi connectivity index (χ0n) is 17.5. The van der Waals surface area contributed by atoms with Crippen LogP contribution >= 0.6 is 0 Å². The Morgan fingerprint density at radius 2 is 1.84 bits per heavy atom. The number of halogens is 2. The number of hydrogen-bond donors (Lipinski definition) is 2. The minimum atomic E-state index is -0.731. The standard InChI is InChI=1S/C22H23F2N5O3/c1-14(30)28-6-4-27(5-7-28)11-16-13-29(12-15-2-3-17(23)8-19(15)24)21-10-25-20(9-18(16)21)22(31)26-32/h2-3,8-10,13,32H,4-7,11-12H2,1H3,(H,26,31). The van der Waals surface area contributed by atoms with Crippen molar-refractivity contribution in [1.82, 2.24) is 24.8 Å². The third kappa shape index (κ3) is 4.46. The third-order valence-electron chi connectivity index (χ3n) is 5.75. The van der Waals surface area contributed by atoms with Gasteiger partial charge in [-0.2, -0.15) is 0 Å². The second-order valence-electron chi connectivity index (χ2n) is 7.83. The number of nitrogens with one attached hydrogen (secondary N) is 1. The van der Waals surface area contributed by atoms with Gasteiger partial charge in [0.05, 0.1) is 18.3 Å². The number of carbonyl (C=O) groups excluding carboxylic acids is 2. The summed E-state index contributed by atoms with van der Waals surface area (Å²) >= 11 is 0. The van der Waals surface area contributed by atoms with E-state index in [1.165, 1.54) is 18.3 Å². The van der Waals surface area contributed by atoms with Gasteiger partial charge in [-0.25, -0.2) is 19.2 Å². The topological polar surface area (TPSA) is 90.7 Å². The summed E-state index contributed by atoms with van der Waals surface area (Å²) in [6.45, 7) is 4.95. The SMILES string of the molecule is CC(=O)N1CCN(Cc2cn(Cc3ccc(F)cc3F)c3cnc(C(=O)NO)cc23)CC1. The molecule has 10 heteroatoms. The van der Waals surface area contributed by atoms with Crippen molar-refractivity contribution in [2.24, 2.45) is 0 Å². The molecule has 1 fully saturated rings. The Morgan fingerprint density at radius 3 is 2.50 bits per heavy atom. The van der Waals surface area contributed by atoms with Gasteiger partial charge >= 0.3 is 0 Å². The molecule has 1 aliphatic rings. The Morgan fingerprint density at radius 1 is 1.09 bits per heavy atom. The van der Waals surface area contributed by atoms with Gasteiger partial charge in [0.2, 0.25) is 5.91 Å². The van der Waals surface area contributed by atoms with Gasteiger partial charge in [-0.3, -0.25) is 19.7 Å². The predicted octanol–water partition coefficient (Wildman–Crippen LogP) is 2.15. The van der Waals surface area contributed by atoms with Crippen molar-refractivity contribution >= 4 is 22.7 Å². The maximum atomic E-state index is 14.2. The Bertz CT molecular complexity index is 1170. The lowest BCUT2D eigenvalue weighted by Crippen LogP contribution is -2.47. The molecule has 1 aromatic carbocycles. The maximum absolute atomic E-state index is 14.2. The van der Waals surface area contributed by atoms with Crippen LogP contribution in [0, 0.1) is 11.6 Å². The van der Waals surface area contributed by atoms with E-state index in [0.717, 1.165) is 17.0 Å². The first-order chi connectivity index (χ1) is 15.4. The largest absolute Gasteiger partial charge is 0.341 e. The molecule has 4 rings (SSSR count). The van der Waals surface area contributed by atoms with Crippen LogP contribution in [0.15, 0.2) is 36.7 Å². The quantitative estimate of drug-likeness (QED) is 0.466. The third-order valence-corrected chi connectivity index (χ3v) is 5.75. The molecule has 2 amide bonds. The maximum Gasteiger partial charge on any atom is 0.293 e. The average Bonchev–Trinajstić information content (AvgIpc) is 3.11. The van der Waals surface area contributed by atoms with Crippen molar-refractivity contribution in [1.29, 1.82) is 0 Å². The van der Waals surface area contributed by atoms with E-state index in [0.29, 0.717) is 43.8 Å². The number of carbonyl (C=O) groups is 2. The van der Waals surface area contributed by atoms with E-state index in [4.69, 9.17) is 5.21 Å². The molecule has 1 aliphatic heterocycles. The Balaban J connectivity index is 1.67. The lowest BCUT2D eigenvalue weighted by molar-refractivity contribution is -0.130. The molecule has 2 N–H and O–H groups in total. The smallest absolute Gasteiger partial charge is 0.293 e. The van der Waals surface area contributed by atoms with Crippen LogP contribution in [0.1, 0.15) is 28.5 Å².